The summed E-state index contributed by atoms with van der Waals surface area (Å²) >= 11 is 1.59. The Morgan fingerprint density at radius 2 is 1.84 bits per heavy atom. The average Bonchev–Trinajstić information content (AvgIpc) is 2.82. The highest BCUT2D eigenvalue weighted by Crippen LogP contribution is 2.27. The second-order valence-electron chi connectivity index (χ2n) is 10.8. The molecule has 1 saturated carbocycles. The van der Waals surface area contributed by atoms with Crippen molar-refractivity contribution in [1.82, 2.24) is 15.5 Å². The fraction of sp³-hybridized carbons (Fsp3) is 0.621. The molecule has 1 aliphatic rings. The van der Waals surface area contributed by atoms with Gasteiger partial charge in [-0.1, -0.05) is 43.5 Å². The predicted molar refractivity (Wildman–Crippen MR) is 152 cm³/mol. The van der Waals surface area contributed by atoms with Crippen molar-refractivity contribution in [3.8, 4) is 0 Å². The van der Waals surface area contributed by atoms with E-state index in [1.54, 1.807) is 38.6 Å². The largest absolute Gasteiger partial charge is 0.444 e. The quantitative estimate of drug-likeness (QED) is 0.371. The summed E-state index contributed by atoms with van der Waals surface area (Å²) in [4.78, 5) is 42.0. The Morgan fingerprint density at radius 3 is 2.41 bits per heavy atom. The van der Waals surface area contributed by atoms with E-state index < -0.39 is 23.8 Å². The second-order valence-corrected chi connectivity index (χ2v) is 11.8. The van der Waals surface area contributed by atoms with Crippen LogP contribution in [0.25, 0.3) is 0 Å². The third-order valence-corrected chi connectivity index (χ3v) is 7.21. The molecule has 0 spiro atoms. The van der Waals surface area contributed by atoms with E-state index in [-0.39, 0.29) is 24.4 Å². The molecule has 1 aliphatic carbocycles. The van der Waals surface area contributed by atoms with Crippen molar-refractivity contribution in [2.45, 2.75) is 96.9 Å². The van der Waals surface area contributed by atoms with Crippen molar-refractivity contribution in [3.05, 3.63) is 47.5 Å². The van der Waals surface area contributed by atoms with E-state index in [1.807, 2.05) is 38.3 Å². The molecule has 2 N–H and O–H groups in total. The van der Waals surface area contributed by atoms with Gasteiger partial charge < -0.3 is 20.3 Å². The zero-order chi connectivity index (χ0) is 27.6. The highest BCUT2D eigenvalue weighted by atomic mass is 32.2. The number of carbonyl (C=O) groups is 3. The number of carbonyl (C=O) groups excluding carboxylic acids is 3. The summed E-state index contributed by atoms with van der Waals surface area (Å²) in [5.41, 5.74) is 2.21. The summed E-state index contributed by atoms with van der Waals surface area (Å²) < 4.78 is 5.43. The van der Waals surface area contributed by atoms with Crippen LogP contribution in [0.2, 0.25) is 0 Å². The van der Waals surface area contributed by atoms with Crippen LogP contribution in [0, 0.1) is 13.8 Å². The first-order chi connectivity index (χ1) is 17.5. The highest BCUT2D eigenvalue weighted by molar-refractivity contribution is 7.98. The van der Waals surface area contributed by atoms with E-state index in [1.165, 1.54) is 11.3 Å². The molecule has 206 valence electrons. The number of aryl methyl sites for hydroxylation is 2. The minimum atomic E-state index is -0.844. The first-order valence-corrected chi connectivity index (χ1v) is 14.6. The molecule has 0 radical (unpaired) electrons. The molecular formula is C29H45N3O4S. The van der Waals surface area contributed by atoms with Crippen LogP contribution in [0.15, 0.2) is 30.9 Å². The fourth-order valence-electron chi connectivity index (χ4n) is 4.54. The molecule has 37 heavy (non-hydrogen) atoms. The van der Waals surface area contributed by atoms with Crippen molar-refractivity contribution in [3.63, 3.8) is 0 Å². The van der Waals surface area contributed by atoms with Crippen molar-refractivity contribution < 1.29 is 19.1 Å². The van der Waals surface area contributed by atoms with Crippen LogP contribution in [0.5, 0.6) is 0 Å². The lowest BCUT2D eigenvalue weighted by Crippen LogP contribution is -2.54. The van der Waals surface area contributed by atoms with Crippen LogP contribution in [0.1, 0.15) is 82.0 Å². The van der Waals surface area contributed by atoms with Gasteiger partial charge in [-0.3, -0.25) is 9.59 Å². The molecule has 1 fully saturated rings. The standard InChI is InChI=1S/C29H45N3O4S/c1-8-17-32(27(34)24(16-18-37-7)31-28(35)36-29(4,5)6)25(22-15-14-20(2)21(3)19-22)26(33)30-23-12-10-9-11-13-23/h8,14-15,19,23-25H,1,9-13,16-18H2,2-7H3,(H,30,33)(H,31,35). The maximum absolute atomic E-state index is 14.0. The first-order valence-electron chi connectivity index (χ1n) is 13.2. The maximum atomic E-state index is 14.0. The van der Waals surface area contributed by atoms with Crippen LogP contribution >= 0.6 is 11.8 Å². The lowest BCUT2D eigenvalue weighted by molar-refractivity contribution is -0.142. The summed E-state index contributed by atoms with van der Waals surface area (Å²) in [5, 5.41) is 5.98. The molecule has 3 amide bonds. The molecule has 0 bridgehead atoms. The van der Waals surface area contributed by atoms with E-state index >= 15 is 0 Å². The molecule has 1 aromatic rings. The number of alkyl carbamates (subject to hydrolysis) is 1. The molecule has 2 rings (SSSR count). The summed E-state index contributed by atoms with van der Waals surface area (Å²) in [6, 6.07) is 4.29. The van der Waals surface area contributed by atoms with Gasteiger partial charge in [0.05, 0.1) is 0 Å². The van der Waals surface area contributed by atoms with Gasteiger partial charge in [0.25, 0.3) is 0 Å². The number of nitrogens with one attached hydrogen (secondary N) is 2. The van der Waals surface area contributed by atoms with Crippen LogP contribution in [-0.2, 0) is 14.3 Å². The molecule has 0 aliphatic heterocycles. The monoisotopic (exact) mass is 531 g/mol. The number of hydrogen-bond donors (Lipinski definition) is 2. The minimum absolute atomic E-state index is 0.100. The van der Waals surface area contributed by atoms with Crippen LogP contribution in [0.3, 0.4) is 0 Å². The predicted octanol–water partition coefficient (Wildman–Crippen LogP) is 5.45. The number of amides is 3. The van der Waals surface area contributed by atoms with Gasteiger partial charge >= 0.3 is 6.09 Å². The summed E-state index contributed by atoms with van der Waals surface area (Å²) in [7, 11) is 0. The normalized spacial score (nSPS) is 15.8. The average molecular weight is 532 g/mol. The topological polar surface area (TPSA) is 87.7 Å². The Kier molecular flexibility index (Phi) is 12.0. The second kappa shape index (κ2) is 14.5. The molecule has 0 saturated heterocycles. The highest BCUT2D eigenvalue weighted by Gasteiger charge is 2.36. The van der Waals surface area contributed by atoms with Gasteiger partial charge in [-0.05, 0) is 82.6 Å². The summed E-state index contributed by atoms with van der Waals surface area (Å²) in [6.45, 7) is 13.4. The molecular weight excluding hydrogens is 486 g/mol. The Bertz CT molecular complexity index is 938. The molecule has 1 aromatic carbocycles. The zero-order valence-electron chi connectivity index (χ0n) is 23.4. The smallest absolute Gasteiger partial charge is 0.408 e. The fourth-order valence-corrected chi connectivity index (χ4v) is 5.01. The number of rotatable bonds is 11. The van der Waals surface area contributed by atoms with Gasteiger partial charge in [0.15, 0.2) is 0 Å². The number of benzene rings is 1. The van der Waals surface area contributed by atoms with Gasteiger partial charge in [0, 0.05) is 12.6 Å². The Balaban J connectivity index is 2.44. The maximum Gasteiger partial charge on any atom is 0.408 e. The van der Waals surface area contributed by atoms with Crippen molar-refractivity contribution in [2.24, 2.45) is 0 Å². The summed E-state index contributed by atoms with van der Waals surface area (Å²) in [6.07, 6.45) is 8.58. The Morgan fingerprint density at radius 1 is 1.16 bits per heavy atom. The van der Waals surface area contributed by atoms with E-state index in [0.29, 0.717) is 12.2 Å². The third kappa shape index (κ3) is 9.72. The first kappa shape index (κ1) is 30.7. The number of ether oxygens (including phenoxy) is 1. The van der Waals surface area contributed by atoms with E-state index in [2.05, 4.69) is 17.2 Å². The van der Waals surface area contributed by atoms with Gasteiger partial charge in [-0.15, -0.1) is 6.58 Å². The van der Waals surface area contributed by atoms with Crippen molar-refractivity contribution in [1.29, 1.82) is 0 Å². The molecule has 0 aromatic heterocycles. The minimum Gasteiger partial charge on any atom is -0.444 e. The molecule has 2 atom stereocenters. The van der Waals surface area contributed by atoms with E-state index in [9.17, 15) is 14.4 Å². The number of thioether (sulfide) groups is 1. The van der Waals surface area contributed by atoms with Crippen molar-refractivity contribution >= 4 is 29.7 Å². The molecule has 2 unspecified atom stereocenters. The van der Waals surface area contributed by atoms with Gasteiger partial charge in [0.2, 0.25) is 11.8 Å². The van der Waals surface area contributed by atoms with Crippen LogP contribution < -0.4 is 10.6 Å². The lowest BCUT2D eigenvalue weighted by atomic mass is 9.94. The van der Waals surface area contributed by atoms with Gasteiger partial charge in [-0.2, -0.15) is 11.8 Å². The zero-order valence-corrected chi connectivity index (χ0v) is 24.2. The number of hydrogen-bond acceptors (Lipinski definition) is 5. The van der Waals surface area contributed by atoms with E-state index in [4.69, 9.17) is 4.74 Å². The van der Waals surface area contributed by atoms with Gasteiger partial charge in [-0.25, -0.2) is 4.79 Å². The third-order valence-electron chi connectivity index (χ3n) is 6.57. The lowest BCUT2D eigenvalue weighted by Gasteiger charge is -2.35. The van der Waals surface area contributed by atoms with E-state index in [0.717, 1.165) is 42.4 Å². The molecule has 8 heteroatoms. The number of nitrogens with zero attached hydrogens (tertiary/aromatic N) is 1. The van der Waals surface area contributed by atoms with Crippen LogP contribution in [-0.4, -0.2) is 59.0 Å². The van der Waals surface area contributed by atoms with Gasteiger partial charge in [0.1, 0.15) is 17.7 Å². The SMILES string of the molecule is C=CCN(C(=O)C(CCSC)NC(=O)OC(C)(C)C)C(C(=O)NC1CCCCC1)c1ccc(C)c(C)c1. The Labute approximate surface area is 227 Å². The molecule has 0 heterocycles. The van der Waals surface area contributed by atoms with Crippen molar-refractivity contribution in [2.75, 3.05) is 18.6 Å². The molecule has 7 nitrogen and oxygen atoms in total. The Hall–Kier alpha value is -2.48. The summed E-state index contributed by atoms with van der Waals surface area (Å²) in [5.74, 6) is 0.129. The van der Waals surface area contributed by atoms with Crippen LogP contribution in [0.4, 0.5) is 4.79 Å².